The number of hydrogen-bond donors (Lipinski definition) is 1. The van der Waals surface area contributed by atoms with E-state index in [1.54, 1.807) is 12.1 Å². The van der Waals surface area contributed by atoms with Crippen LogP contribution in [0.4, 0.5) is 5.00 Å². The number of carbonyl (C=O) groups is 2. The van der Waals surface area contributed by atoms with Gasteiger partial charge in [-0.2, -0.15) is 0 Å². The molecule has 0 atom stereocenters. The fraction of sp³-hybridized carbons (Fsp3) is 0.389. The molecule has 1 amide bonds. The van der Waals surface area contributed by atoms with Crippen LogP contribution in [0.1, 0.15) is 57.3 Å². The van der Waals surface area contributed by atoms with Gasteiger partial charge in [-0.15, -0.1) is 11.3 Å². The topological polar surface area (TPSA) is 68.3 Å². The minimum Gasteiger partial charge on any atom is -0.462 e. The third kappa shape index (κ3) is 3.85. The van der Waals surface area contributed by atoms with Gasteiger partial charge in [0.2, 0.25) is 0 Å². The molecule has 0 fully saturated rings. The molecule has 0 radical (unpaired) electrons. The molecule has 2 aromatic heterocycles. The Labute approximate surface area is 155 Å². The average molecular weight is 379 g/mol. The van der Waals surface area contributed by atoms with Crippen molar-refractivity contribution in [2.45, 2.75) is 39.0 Å². The van der Waals surface area contributed by atoms with Crippen LogP contribution in [0, 0.1) is 0 Å². The first-order chi connectivity index (χ1) is 12.1. The summed E-state index contributed by atoms with van der Waals surface area (Å²) in [5.74, 6) is -0.741. The fourth-order valence-electron chi connectivity index (χ4n) is 2.86. The monoisotopic (exact) mass is 378 g/mol. The van der Waals surface area contributed by atoms with E-state index in [2.05, 4.69) is 10.3 Å². The number of hydrogen-bond acceptors (Lipinski definition) is 5. The van der Waals surface area contributed by atoms with Gasteiger partial charge in [0.15, 0.2) is 0 Å². The highest BCUT2D eigenvalue weighted by molar-refractivity contribution is 7.17. The molecule has 7 heteroatoms. The Balaban J connectivity index is 1.92. The molecule has 132 valence electrons. The summed E-state index contributed by atoms with van der Waals surface area (Å²) < 4.78 is 5.33. The number of nitrogens with one attached hydrogen (secondary N) is 1. The van der Waals surface area contributed by atoms with Crippen LogP contribution < -0.4 is 5.32 Å². The number of rotatable bonds is 5. The van der Waals surface area contributed by atoms with Gasteiger partial charge in [0, 0.05) is 11.1 Å². The predicted octanol–water partition coefficient (Wildman–Crippen LogP) is 4.49. The zero-order chi connectivity index (χ0) is 17.8. The van der Waals surface area contributed by atoms with Crippen LogP contribution in [0.15, 0.2) is 18.3 Å². The maximum Gasteiger partial charge on any atom is 0.341 e. The van der Waals surface area contributed by atoms with Crippen LogP contribution in [0.3, 0.4) is 0 Å². The number of aromatic nitrogens is 1. The molecule has 25 heavy (non-hydrogen) atoms. The summed E-state index contributed by atoms with van der Waals surface area (Å²) in [6.07, 6.45) is 6.18. The van der Waals surface area contributed by atoms with Crippen molar-refractivity contribution >= 4 is 39.8 Å². The van der Waals surface area contributed by atoms with Crippen LogP contribution in [-0.2, 0) is 17.6 Å². The molecule has 3 rings (SSSR count). The summed E-state index contributed by atoms with van der Waals surface area (Å²) >= 11 is 7.45. The molecule has 1 N–H and O–H groups in total. The van der Waals surface area contributed by atoms with Crippen molar-refractivity contribution in [1.82, 2.24) is 4.98 Å². The van der Waals surface area contributed by atoms with Crippen LogP contribution in [0.25, 0.3) is 0 Å². The molecule has 2 aromatic rings. The SMILES string of the molecule is CCCOC(=O)c1c(NC(=O)c2cccnc2Cl)sc2c1CCCC2. The number of anilines is 1. The number of esters is 1. The summed E-state index contributed by atoms with van der Waals surface area (Å²) in [6.45, 7) is 2.31. The average Bonchev–Trinajstić information content (AvgIpc) is 2.97. The molecule has 1 aliphatic carbocycles. The van der Waals surface area contributed by atoms with E-state index in [1.165, 1.54) is 17.5 Å². The predicted molar refractivity (Wildman–Crippen MR) is 98.7 cm³/mol. The molecular formula is C18H19ClN2O3S. The van der Waals surface area contributed by atoms with Gasteiger partial charge in [-0.05, 0) is 49.8 Å². The molecule has 0 bridgehead atoms. The highest BCUT2D eigenvalue weighted by Crippen LogP contribution is 2.39. The third-order valence-corrected chi connectivity index (χ3v) is 5.55. The molecular weight excluding hydrogens is 360 g/mol. The molecule has 1 aliphatic rings. The zero-order valence-electron chi connectivity index (χ0n) is 13.9. The van der Waals surface area contributed by atoms with Gasteiger partial charge in [-0.25, -0.2) is 9.78 Å². The first kappa shape index (κ1) is 17.9. The Kier molecular flexibility index (Phi) is 5.71. The van der Waals surface area contributed by atoms with Crippen molar-refractivity contribution in [3.63, 3.8) is 0 Å². The standard InChI is InChI=1S/C18H19ClN2O3S/c1-2-10-24-18(23)14-11-6-3-4-8-13(11)25-17(14)21-16(22)12-7-5-9-20-15(12)19/h5,7,9H,2-4,6,8,10H2,1H3,(H,21,22). The summed E-state index contributed by atoms with van der Waals surface area (Å²) in [4.78, 5) is 30.2. The number of aryl methyl sites for hydroxylation is 1. The van der Waals surface area contributed by atoms with Crippen molar-refractivity contribution in [2.75, 3.05) is 11.9 Å². The van der Waals surface area contributed by atoms with E-state index in [4.69, 9.17) is 16.3 Å². The number of carbonyl (C=O) groups excluding carboxylic acids is 2. The van der Waals surface area contributed by atoms with Crippen molar-refractivity contribution in [2.24, 2.45) is 0 Å². The number of amides is 1. The second-order valence-electron chi connectivity index (χ2n) is 5.85. The molecule has 0 spiro atoms. The van der Waals surface area contributed by atoms with E-state index in [1.807, 2.05) is 6.92 Å². The summed E-state index contributed by atoms with van der Waals surface area (Å²) in [6, 6.07) is 3.25. The minimum absolute atomic E-state index is 0.136. The van der Waals surface area contributed by atoms with Gasteiger partial charge in [0.05, 0.1) is 17.7 Å². The van der Waals surface area contributed by atoms with Crippen molar-refractivity contribution in [3.8, 4) is 0 Å². The number of ether oxygens (including phenoxy) is 1. The maximum absolute atomic E-state index is 12.6. The number of nitrogens with zero attached hydrogens (tertiary/aromatic N) is 1. The second-order valence-corrected chi connectivity index (χ2v) is 7.31. The van der Waals surface area contributed by atoms with Crippen LogP contribution in [-0.4, -0.2) is 23.5 Å². The number of fused-ring (bicyclic) bond motifs is 1. The molecule has 5 nitrogen and oxygen atoms in total. The van der Waals surface area contributed by atoms with E-state index in [9.17, 15) is 9.59 Å². The van der Waals surface area contributed by atoms with Gasteiger partial charge in [-0.3, -0.25) is 4.79 Å². The van der Waals surface area contributed by atoms with Gasteiger partial charge in [0.25, 0.3) is 5.91 Å². The second kappa shape index (κ2) is 7.97. The summed E-state index contributed by atoms with van der Waals surface area (Å²) in [5.41, 5.74) is 1.80. The lowest BCUT2D eigenvalue weighted by Crippen LogP contribution is -2.16. The summed E-state index contributed by atoms with van der Waals surface area (Å²) in [5, 5.41) is 3.51. The van der Waals surface area contributed by atoms with Crippen molar-refractivity contribution < 1.29 is 14.3 Å². The number of pyridine rings is 1. The van der Waals surface area contributed by atoms with Crippen LogP contribution >= 0.6 is 22.9 Å². The van der Waals surface area contributed by atoms with E-state index in [-0.39, 0.29) is 22.6 Å². The lowest BCUT2D eigenvalue weighted by atomic mass is 9.95. The Morgan fingerprint density at radius 3 is 2.92 bits per heavy atom. The Hall–Kier alpha value is -1.92. The first-order valence-electron chi connectivity index (χ1n) is 8.35. The van der Waals surface area contributed by atoms with Gasteiger partial charge in [0.1, 0.15) is 10.2 Å². The van der Waals surface area contributed by atoms with Gasteiger partial charge >= 0.3 is 5.97 Å². The smallest absolute Gasteiger partial charge is 0.341 e. The van der Waals surface area contributed by atoms with Crippen LogP contribution in [0.2, 0.25) is 5.15 Å². The largest absolute Gasteiger partial charge is 0.462 e. The zero-order valence-corrected chi connectivity index (χ0v) is 15.5. The van der Waals surface area contributed by atoms with E-state index in [0.717, 1.165) is 42.5 Å². The van der Waals surface area contributed by atoms with Gasteiger partial charge in [-0.1, -0.05) is 18.5 Å². The van der Waals surface area contributed by atoms with E-state index >= 15 is 0 Å². The quantitative estimate of drug-likeness (QED) is 0.614. The molecule has 0 saturated carbocycles. The molecule has 0 aromatic carbocycles. The van der Waals surface area contributed by atoms with Gasteiger partial charge < -0.3 is 10.1 Å². The molecule has 0 saturated heterocycles. The van der Waals surface area contributed by atoms with Crippen molar-refractivity contribution in [3.05, 3.63) is 45.1 Å². The molecule has 2 heterocycles. The molecule has 0 unspecified atom stereocenters. The lowest BCUT2D eigenvalue weighted by Gasteiger charge is -2.12. The Bertz CT molecular complexity index is 804. The van der Waals surface area contributed by atoms with E-state index in [0.29, 0.717) is 17.2 Å². The minimum atomic E-state index is -0.374. The molecule has 0 aliphatic heterocycles. The highest BCUT2D eigenvalue weighted by Gasteiger charge is 2.27. The van der Waals surface area contributed by atoms with Crippen LogP contribution in [0.5, 0.6) is 0 Å². The fourth-order valence-corrected chi connectivity index (χ4v) is 4.34. The van der Waals surface area contributed by atoms with E-state index < -0.39 is 0 Å². The van der Waals surface area contributed by atoms with Crippen molar-refractivity contribution in [1.29, 1.82) is 0 Å². The Morgan fingerprint density at radius 1 is 1.36 bits per heavy atom. The lowest BCUT2D eigenvalue weighted by molar-refractivity contribution is 0.0505. The highest BCUT2D eigenvalue weighted by atomic mass is 35.5. The summed E-state index contributed by atoms with van der Waals surface area (Å²) in [7, 11) is 0. The Morgan fingerprint density at radius 2 is 2.16 bits per heavy atom. The normalized spacial score (nSPS) is 13.2. The third-order valence-electron chi connectivity index (χ3n) is 4.04. The maximum atomic E-state index is 12.6. The number of halogens is 1. The first-order valence-corrected chi connectivity index (χ1v) is 9.54. The number of thiophene rings is 1.